The molecule has 0 aliphatic carbocycles. The average molecular weight is 269 g/mol. The minimum Gasteiger partial charge on any atom is -0.464 e. The first-order valence-electron chi connectivity index (χ1n) is 6.41. The Morgan fingerprint density at radius 1 is 1.37 bits per heavy atom. The number of rotatable bonds is 8. The van der Waals surface area contributed by atoms with E-state index in [1.807, 2.05) is 17.9 Å². The summed E-state index contributed by atoms with van der Waals surface area (Å²) < 4.78 is 23.1. The van der Waals surface area contributed by atoms with Gasteiger partial charge < -0.3 is 14.4 Å². The monoisotopic (exact) mass is 269 g/mol. The van der Waals surface area contributed by atoms with Crippen molar-refractivity contribution in [3.8, 4) is 0 Å². The van der Waals surface area contributed by atoms with E-state index in [1.54, 1.807) is 13.0 Å². The van der Waals surface area contributed by atoms with Gasteiger partial charge in [0.1, 0.15) is 12.4 Å². The van der Waals surface area contributed by atoms with Crippen molar-refractivity contribution in [3.05, 3.63) is 30.1 Å². The van der Waals surface area contributed by atoms with Gasteiger partial charge in [-0.1, -0.05) is 6.07 Å². The van der Waals surface area contributed by atoms with E-state index >= 15 is 0 Å². The number of anilines is 1. The second kappa shape index (κ2) is 8.48. The molecule has 1 aromatic rings. The van der Waals surface area contributed by atoms with Crippen LogP contribution in [0.5, 0.6) is 0 Å². The number of hydrogen-bond donors (Lipinski definition) is 0. The van der Waals surface area contributed by atoms with Crippen LogP contribution in [0.2, 0.25) is 0 Å². The predicted octanol–water partition coefficient (Wildman–Crippen LogP) is 2.23. The summed E-state index contributed by atoms with van der Waals surface area (Å²) in [5, 5.41) is 0. The van der Waals surface area contributed by atoms with E-state index in [0.29, 0.717) is 19.8 Å². The maximum atomic E-state index is 13.1. The van der Waals surface area contributed by atoms with Crippen molar-refractivity contribution in [1.82, 2.24) is 0 Å². The number of halogens is 1. The molecule has 1 aromatic carbocycles. The van der Waals surface area contributed by atoms with Crippen LogP contribution < -0.4 is 4.90 Å². The summed E-state index contributed by atoms with van der Waals surface area (Å²) >= 11 is 0. The molecule has 0 amide bonds. The molecule has 106 valence electrons. The first-order chi connectivity index (χ1) is 9.17. The topological polar surface area (TPSA) is 38.8 Å². The Bertz CT molecular complexity index is 398. The van der Waals surface area contributed by atoms with Crippen molar-refractivity contribution in [2.45, 2.75) is 13.8 Å². The maximum absolute atomic E-state index is 13.1. The number of esters is 1. The van der Waals surface area contributed by atoms with Crippen LogP contribution in [0.1, 0.15) is 13.8 Å². The van der Waals surface area contributed by atoms with Crippen molar-refractivity contribution in [2.75, 3.05) is 37.8 Å². The van der Waals surface area contributed by atoms with E-state index in [-0.39, 0.29) is 18.4 Å². The fraction of sp³-hybridized carbons (Fsp3) is 0.500. The van der Waals surface area contributed by atoms with Crippen LogP contribution in [0.15, 0.2) is 24.3 Å². The molecule has 0 aromatic heterocycles. The van der Waals surface area contributed by atoms with E-state index in [1.165, 1.54) is 12.1 Å². The molecular formula is C14H20FNO3. The Morgan fingerprint density at radius 3 is 2.79 bits per heavy atom. The molecule has 0 N–H and O–H groups in total. The Morgan fingerprint density at radius 2 is 2.16 bits per heavy atom. The largest absolute Gasteiger partial charge is 0.464 e. The van der Waals surface area contributed by atoms with Gasteiger partial charge in [-0.15, -0.1) is 0 Å². The Balaban J connectivity index is 2.35. The molecule has 0 unspecified atom stereocenters. The van der Waals surface area contributed by atoms with Gasteiger partial charge >= 0.3 is 5.97 Å². The van der Waals surface area contributed by atoms with Crippen molar-refractivity contribution >= 4 is 11.7 Å². The van der Waals surface area contributed by atoms with Crippen LogP contribution >= 0.6 is 0 Å². The summed E-state index contributed by atoms with van der Waals surface area (Å²) in [6.45, 7) is 5.77. The van der Waals surface area contributed by atoms with Gasteiger partial charge in [-0.2, -0.15) is 0 Å². The van der Waals surface area contributed by atoms with E-state index in [4.69, 9.17) is 9.47 Å². The van der Waals surface area contributed by atoms with Crippen LogP contribution in [-0.2, 0) is 14.3 Å². The molecule has 5 heteroatoms. The highest BCUT2D eigenvalue weighted by atomic mass is 19.1. The Hall–Kier alpha value is -1.62. The second-order valence-corrected chi connectivity index (χ2v) is 3.92. The first-order valence-corrected chi connectivity index (χ1v) is 6.41. The molecular weight excluding hydrogens is 249 g/mol. The standard InChI is InChI=1S/C14H20FNO3/c1-3-16(13-7-5-6-12(15)10-13)8-9-18-11-14(17)19-4-2/h5-7,10H,3-4,8-9,11H2,1-2H3. The second-order valence-electron chi connectivity index (χ2n) is 3.92. The number of ether oxygens (including phenoxy) is 2. The van der Waals surface area contributed by atoms with Gasteiger partial charge in [0, 0.05) is 18.8 Å². The highest BCUT2D eigenvalue weighted by Crippen LogP contribution is 2.14. The van der Waals surface area contributed by atoms with Gasteiger partial charge in [0.15, 0.2) is 0 Å². The third kappa shape index (κ3) is 5.70. The zero-order valence-electron chi connectivity index (χ0n) is 11.4. The summed E-state index contributed by atoms with van der Waals surface area (Å²) in [4.78, 5) is 13.0. The molecule has 0 aliphatic heterocycles. The fourth-order valence-corrected chi connectivity index (χ4v) is 1.68. The maximum Gasteiger partial charge on any atom is 0.332 e. The van der Waals surface area contributed by atoms with Crippen molar-refractivity contribution in [3.63, 3.8) is 0 Å². The Labute approximate surface area is 113 Å². The summed E-state index contributed by atoms with van der Waals surface area (Å²) in [6, 6.07) is 6.41. The predicted molar refractivity (Wildman–Crippen MR) is 71.7 cm³/mol. The first kappa shape index (κ1) is 15.4. The number of benzene rings is 1. The number of carbonyl (C=O) groups excluding carboxylic acids is 1. The third-order valence-electron chi connectivity index (χ3n) is 2.59. The zero-order chi connectivity index (χ0) is 14.1. The summed E-state index contributed by atoms with van der Waals surface area (Å²) in [5.41, 5.74) is 0.808. The van der Waals surface area contributed by atoms with E-state index < -0.39 is 0 Å². The normalized spacial score (nSPS) is 10.3. The van der Waals surface area contributed by atoms with Crippen LogP contribution in [0.25, 0.3) is 0 Å². The van der Waals surface area contributed by atoms with E-state index in [9.17, 15) is 9.18 Å². The molecule has 19 heavy (non-hydrogen) atoms. The molecule has 0 bridgehead atoms. The lowest BCUT2D eigenvalue weighted by atomic mass is 10.3. The molecule has 0 radical (unpaired) electrons. The summed E-state index contributed by atoms with van der Waals surface area (Å²) in [6.07, 6.45) is 0. The lowest BCUT2D eigenvalue weighted by Crippen LogP contribution is -2.28. The highest BCUT2D eigenvalue weighted by molar-refractivity contribution is 5.70. The van der Waals surface area contributed by atoms with Gasteiger partial charge in [-0.3, -0.25) is 0 Å². The van der Waals surface area contributed by atoms with Gasteiger partial charge in [-0.05, 0) is 32.0 Å². The van der Waals surface area contributed by atoms with E-state index in [2.05, 4.69) is 0 Å². The number of nitrogens with zero attached hydrogens (tertiary/aromatic N) is 1. The SMILES string of the molecule is CCOC(=O)COCCN(CC)c1cccc(F)c1. The van der Waals surface area contributed by atoms with Gasteiger partial charge in [0.2, 0.25) is 0 Å². The van der Waals surface area contributed by atoms with Gasteiger partial charge in [0.25, 0.3) is 0 Å². The number of hydrogen-bond acceptors (Lipinski definition) is 4. The van der Waals surface area contributed by atoms with Gasteiger partial charge in [0.05, 0.1) is 13.2 Å². The molecule has 0 saturated heterocycles. The average Bonchev–Trinajstić information content (AvgIpc) is 2.39. The van der Waals surface area contributed by atoms with Crippen LogP contribution in [0, 0.1) is 5.82 Å². The molecule has 0 aliphatic rings. The zero-order valence-corrected chi connectivity index (χ0v) is 11.4. The molecule has 1 rings (SSSR count). The van der Waals surface area contributed by atoms with Crippen LogP contribution in [-0.4, -0.2) is 38.9 Å². The van der Waals surface area contributed by atoms with E-state index in [0.717, 1.165) is 12.2 Å². The number of likely N-dealkylation sites (N-methyl/N-ethyl adjacent to an activating group) is 1. The quantitative estimate of drug-likeness (QED) is 0.536. The lowest BCUT2D eigenvalue weighted by molar-refractivity contribution is -0.148. The van der Waals surface area contributed by atoms with Crippen LogP contribution in [0.4, 0.5) is 10.1 Å². The highest BCUT2D eigenvalue weighted by Gasteiger charge is 2.06. The fourth-order valence-electron chi connectivity index (χ4n) is 1.68. The van der Waals surface area contributed by atoms with Crippen LogP contribution in [0.3, 0.4) is 0 Å². The molecule has 0 saturated carbocycles. The smallest absolute Gasteiger partial charge is 0.332 e. The van der Waals surface area contributed by atoms with Crippen molar-refractivity contribution in [1.29, 1.82) is 0 Å². The van der Waals surface area contributed by atoms with Crippen molar-refractivity contribution < 1.29 is 18.7 Å². The minimum absolute atomic E-state index is 0.0471. The van der Waals surface area contributed by atoms with Crippen molar-refractivity contribution in [2.24, 2.45) is 0 Å². The summed E-state index contributed by atoms with van der Waals surface area (Å²) in [5.74, 6) is -0.625. The third-order valence-corrected chi connectivity index (χ3v) is 2.59. The molecule has 0 heterocycles. The van der Waals surface area contributed by atoms with Gasteiger partial charge in [-0.25, -0.2) is 9.18 Å². The minimum atomic E-state index is -0.365. The molecule has 0 atom stereocenters. The Kier molecular flexibility index (Phi) is 6.89. The lowest BCUT2D eigenvalue weighted by Gasteiger charge is -2.22. The molecule has 4 nitrogen and oxygen atoms in total. The molecule has 0 spiro atoms. The molecule has 0 fully saturated rings. The summed E-state index contributed by atoms with van der Waals surface area (Å²) in [7, 11) is 0. The number of carbonyl (C=O) groups is 1.